The van der Waals surface area contributed by atoms with E-state index in [1.165, 1.54) is 4.90 Å². The molecule has 1 amide bonds. The molecule has 6 heteroatoms. The Morgan fingerprint density at radius 3 is 2.31 bits per heavy atom. The van der Waals surface area contributed by atoms with Crippen LogP contribution in [0.15, 0.2) is 66.2 Å². The van der Waals surface area contributed by atoms with E-state index in [0.29, 0.717) is 27.6 Å². The lowest BCUT2D eigenvalue weighted by molar-refractivity contribution is -0.132. The zero-order valence-corrected chi connectivity index (χ0v) is 21.2. The number of aryl methyl sites for hydroxylation is 2. The molecule has 0 aromatic heterocycles. The molecular formula is C29H28ClNO4. The van der Waals surface area contributed by atoms with Crippen LogP contribution in [0.3, 0.4) is 0 Å². The fraction of sp³-hybridized carbons (Fsp3) is 0.241. The van der Waals surface area contributed by atoms with Crippen molar-refractivity contribution in [2.24, 2.45) is 0 Å². The lowest BCUT2D eigenvalue weighted by Gasteiger charge is -2.27. The quantitative estimate of drug-likeness (QED) is 0.245. The highest BCUT2D eigenvalue weighted by Gasteiger charge is 2.47. The van der Waals surface area contributed by atoms with Crippen LogP contribution < -0.4 is 9.64 Å². The van der Waals surface area contributed by atoms with Crippen LogP contribution >= 0.6 is 11.6 Å². The Labute approximate surface area is 210 Å². The van der Waals surface area contributed by atoms with E-state index in [1.807, 2.05) is 76.2 Å². The average Bonchev–Trinajstić information content (AvgIpc) is 3.10. The molecule has 180 valence electrons. The Morgan fingerprint density at radius 2 is 1.69 bits per heavy atom. The number of carbonyl (C=O) groups is 2. The normalized spacial score (nSPS) is 17.3. The smallest absolute Gasteiger partial charge is 0.300 e. The minimum atomic E-state index is -0.808. The monoisotopic (exact) mass is 489 g/mol. The van der Waals surface area contributed by atoms with Gasteiger partial charge in [-0.3, -0.25) is 14.5 Å². The molecule has 35 heavy (non-hydrogen) atoms. The largest absolute Gasteiger partial charge is 0.507 e. The molecule has 1 atom stereocenters. The molecule has 1 unspecified atom stereocenters. The number of anilines is 1. The molecular weight excluding hydrogens is 462 g/mol. The fourth-order valence-electron chi connectivity index (χ4n) is 4.60. The predicted octanol–water partition coefficient (Wildman–Crippen LogP) is 6.72. The molecule has 1 fully saturated rings. The molecule has 1 N–H and O–H groups in total. The number of aliphatic hydroxyl groups excluding tert-OH is 1. The molecule has 1 aliphatic rings. The second-order valence-electron chi connectivity index (χ2n) is 9.07. The summed E-state index contributed by atoms with van der Waals surface area (Å²) in [6.07, 6.45) is 0. The van der Waals surface area contributed by atoms with E-state index >= 15 is 0 Å². The van der Waals surface area contributed by atoms with Crippen molar-refractivity contribution < 1.29 is 19.4 Å². The first kappa shape index (κ1) is 24.6. The van der Waals surface area contributed by atoms with Gasteiger partial charge in [0.05, 0.1) is 18.7 Å². The van der Waals surface area contributed by atoms with Crippen LogP contribution in [-0.4, -0.2) is 23.9 Å². The number of nitrogens with zero attached hydrogens (tertiary/aromatic N) is 1. The van der Waals surface area contributed by atoms with Gasteiger partial charge in [0, 0.05) is 16.3 Å². The van der Waals surface area contributed by atoms with Crippen LogP contribution in [0.25, 0.3) is 5.76 Å². The van der Waals surface area contributed by atoms with Gasteiger partial charge in [0.15, 0.2) is 0 Å². The second-order valence-corrected chi connectivity index (χ2v) is 9.51. The Morgan fingerprint density at radius 1 is 1.00 bits per heavy atom. The van der Waals surface area contributed by atoms with E-state index in [4.69, 9.17) is 16.3 Å². The highest BCUT2D eigenvalue weighted by molar-refractivity contribution is 6.52. The van der Waals surface area contributed by atoms with Gasteiger partial charge >= 0.3 is 0 Å². The van der Waals surface area contributed by atoms with Crippen molar-refractivity contribution in [2.75, 3.05) is 12.0 Å². The Bertz CT molecular complexity index is 1340. The third-order valence-corrected chi connectivity index (χ3v) is 6.68. The van der Waals surface area contributed by atoms with Crippen LogP contribution in [0.2, 0.25) is 5.02 Å². The van der Waals surface area contributed by atoms with Crippen molar-refractivity contribution in [1.29, 1.82) is 0 Å². The number of hydrogen-bond acceptors (Lipinski definition) is 4. The van der Waals surface area contributed by atoms with Crippen molar-refractivity contribution in [2.45, 2.75) is 39.7 Å². The third-order valence-electron chi connectivity index (χ3n) is 6.44. The third kappa shape index (κ3) is 4.32. The minimum absolute atomic E-state index is 0.0450. The first-order valence-corrected chi connectivity index (χ1v) is 11.8. The highest BCUT2D eigenvalue weighted by Crippen LogP contribution is 2.44. The van der Waals surface area contributed by atoms with E-state index < -0.39 is 17.7 Å². The van der Waals surface area contributed by atoms with Crippen molar-refractivity contribution >= 4 is 34.7 Å². The van der Waals surface area contributed by atoms with Crippen LogP contribution in [0.1, 0.15) is 53.6 Å². The van der Waals surface area contributed by atoms with Gasteiger partial charge in [-0.2, -0.15) is 0 Å². The topological polar surface area (TPSA) is 66.8 Å². The molecule has 1 saturated heterocycles. The van der Waals surface area contributed by atoms with Gasteiger partial charge in [0.25, 0.3) is 11.7 Å². The number of halogens is 1. The van der Waals surface area contributed by atoms with Crippen LogP contribution in [0.4, 0.5) is 5.69 Å². The number of carbonyl (C=O) groups excluding carboxylic acids is 2. The summed E-state index contributed by atoms with van der Waals surface area (Å²) < 4.78 is 5.54. The number of hydrogen-bond donors (Lipinski definition) is 1. The van der Waals surface area contributed by atoms with Crippen molar-refractivity contribution in [3.63, 3.8) is 0 Å². The summed E-state index contributed by atoms with van der Waals surface area (Å²) in [6, 6.07) is 17.3. The van der Waals surface area contributed by atoms with Crippen LogP contribution in [-0.2, 0) is 9.59 Å². The van der Waals surface area contributed by atoms with Gasteiger partial charge in [-0.05, 0) is 66.3 Å². The SMILES string of the molecule is COc1cc(C)c(/C(O)=C2\C(=O)C(=O)N(c3cc(Cl)ccc3C)C2c2ccccc2)cc1C(C)C. The fourth-order valence-corrected chi connectivity index (χ4v) is 4.77. The van der Waals surface area contributed by atoms with Crippen molar-refractivity contribution in [3.05, 3.63) is 99.1 Å². The van der Waals surface area contributed by atoms with Crippen molar-refractivity contribution in [1.82, 2.24) is 0 Å². The zero-order valence-electron chi connectivity index (χ0n) is 20.4. The molecule has 5 nitrogen and oxygen atoms in total. The molecule has 0 bridgehead atoms. The molecule has 0 saturated carbocycles. The van der Waals surface area contributed by atoms with Gasteiger partial charge < -0.3 is 9.84 Å². The Balaban J connectivity index is 2.00. The molecule has 1 heterocycles. The molecule has 0 spiro atoms. The summed E-state index contributed by atoms with van der Waals surface area (Å²) in [5.74, 6) is -0.818. The number of rotatable bonds is 5. The van der Waals surface area contributed by atoms with Crippen LogP contribution in [0, 0.1) is 13.8 Å². The van der Waals surface area contributed by atoms with E-state index in [-0.39, 0.29) is 17.3 Å². The number of aliphatic hydroxyl groups is 1. The number of Topliss-reactive ketones (excluding diaryl/α,β-unsaturated/α-hetero) is 1. The lowest BCUT2D eigenvalue weighted by atomic mass is 9.91. The zero-order chi connectivity index (χ0) is 25.4. The minimum Gasteiger partial charge on any atom is -0.507 e. The number of ketones is 1. The lowest BCUT2D eigenvalue weighted by Crippen LogP contribution is -2.30. The van der Waals surface area contributed by atoms with E-state index in [9.17, 15) is 14.7 Å². The summed E-state index contributed by atoms with van der Waals surface area (Å²) in [6.45, 7) is 7.76. The number of ether oxygens (including phenoxy) is 1. The standard InChI is InChI=1S/C29H28ClNO4/c1-16(2)21-15-22(18(4)13-24(21)35-5)27(32)25-26(19-9-7-6-8-10-19)31(29(34)28(25)33)23-14-20(30)12-11-17(23)3/h6-16,26,32H,1-5H3/b27-25+. The maximum atomic E-state index is 13.5. The predicted molar refractivity (Wildman–Crippen MR) is 139 cm³/mol. The highest BCUT2D eigenvalue weighted by atomic mass is 35.5. The Kier molecular flexibility index (Phi) is 6.73. The van der Waals surface area contributed by atoms with Crippen molar-refractivity contribution in [3.8, 4) is 5.75 Å². The maximum absolute atomic E-state index is 13.5. The van der Waals surface area contributed by atoms with Crippen LogP contribution in [0.5, 0.6) is 5.75 Å². The molecule has 3 aromatic rings. The second kappa shape index (κ2) is 9.59. The van der Waals surface area contributed by atoms with E-state index in [1.54, 1.807) is 19.2 Å². The van der Waals surface area contributed by atoms with Gasteiger partial charge in [-0.1, -0.05) is 61.8 Å². The summed E-state index contributed by atoms with van der Waals surface area (Å²) >= 11 is 6.27. The van der Waals surface area contributed by atoms with Gasteiger partial charge in [-0.15, -0.1) is 0 Å². The summed E-state index contributed by atoms with van der Waals surface area (Å²) in [7, 11) is 1.61. The Hall–Kier alpha value is -3.57. The molecule has 0 aliphatic carbocycles. The summed E-state index contributed by atoms with van der Waals surface area (Å²) in [5.41, 5.74) is 4.21. The number of methoxy groups -OCH3 is 1. The van der Waals surface area contributed by atoms with E-state index in [0.717, 1.165) is 16.7 Å². The van der Waals surface area contributed by atoms with E-state index in [2.05, 4.69) is 0 Å². The van der Waals surface area contributed by atoms with Gasteiger partial charge in [0.1, 0.15) is 11.5 Å². The molecule has 1 aliphatic heterocycles. The number of benzene rings is 3. The molecule has 3 aromatic carbocycles. The summed E-state index contributed by atoms with van der Waals surface area (Å²) in [4.78, 5) is 28.3. The molecule has 4 rings (SSSR count). The van der Waals surface area contributed by atoms with Gasteiger partial charge in [0.2, 0.25) is 0 Å². The molecule has 0 radical (unpaired) electrons. The average molecular weight is 490 g/mol. The van der Waals surface area contributed by atoms with Gasteiger partial charge in [-0.25, -0.2) is 0 Å². The first-order chi connectivity index (χ1) is 16.6. The number of amides is 1. The summed E-state index contributed by atoms with van der Waals surface area (Å²) in [5, 5.41) is 12.0. The first-order valence-electron chi connectivity index (χ1n) is 11.5. The maximum Gasteiger partial charge on any atom is 0.300 e.